The van der Waals surface area contributed by atoms with Gasteiger partial charge in [-0.05, 0) is 0 Å². The van der Waals surface area contributed by atoms with Crippen molar-refractivity contribution in [1.82, 2.24) is 9.97 Å². The van der Waals surface area contributed by atoms with Crippen molar-refractivity contribution in [1.29, 1.82) is 0 Å². The summed E-state index contributed by atoms with van der Waals surface area (Å²) < 4.78 is 46.6. The predicted octanol–water partition coefficient (Wildman–Crippen LogP) is 0.341. The topological polar surface area (TPSA) is 128 Å². The van der Waals surface area contributed by atoms with E-state index in [1.54, 1.807) is 12.1 Å². The third-order valence-corrected chi connectivity index (χ3v) is 5.29. The molecule has 0 saturated carbocycles. The Kier molecular flexibility index (Phi) is 4.27. The molecule has 0 saturated heterocycles. The molecule has 0 atom stereocenters. The van der Waals surface area contributed by atoms with E-state index >= 15 is 0 Å². The Balaban J connectivity index is 2.26. The highest BCUT2D eigenvalue weighted by Crippen LogP contribution is 2.26. The van der Waals surface area contributed by atoms with E-state index < -0.39 is 42.7 Å². The lowest BCUT2D eigenvalue weighted by atomic mass is 9.89. The molecule has 0 fully saturated rings. The standard InChI is InChI=1S/C16H14N2O6S2/c1-25(21,22)7-11-12(8-26(2,23)24)18-14-13(17-11)15(19)9-5-3-4-6-10(9)16(14)20/h3-6H,7-8H2,1-2H3. The van der Waals surface area contributed by atoms with Crippen LogP contribution in [0.2, 0.25) is 0 Å². The number of sulfone groups is 2. The quantitative estimate of drug-likeness (QED) is 0.620. The average molecular weight is 394 g/mol. The molecule has 1 aliphatic carbocycles. The van der Waals surface area contributed by atoms with E-state index in [-0.39, 0.29) is 33.9 Å². The van der Waals surface area contributed by atoms with Crippen molar-refractivity contribution < 1.29 is 26.4 Å². The van der Waals surface area contributed by atoms with Gasteiger partial charge in [0.2, 0.25) is 11.6 Å². The van der Waals surface area contributed by atoms with E-state index in [1.807, 2.05) is 0 Å². The largest absolute Gasteiger partial charge is 0.287 e. The first-order chi connectivity index (χ1) is 12.0. The molecule has 8 nitrogen and oxygen atoms in total. The highest BCUT2D eigenvalue weighted by atomic mass is 32.2. The molecule has 1 aromatic carbocycles. The number of hydrogen-bond acceptors (Lipinski definition) is 8. The fourth-order valence-electron chi connectivity index (χ4n) is 2.68. The minimum atomic E-state index is -3.57. The Labute approximate surface area is 150 Å². The summed E-state index contributed by atoms with van der Waals surface area (Å²) in [7, 11) is -7.13. The summed E-state index contributed by atoms with van der Waals surface area (Å²) in [5.74, 6) is -2.27. The van der Waals surface area contributed by atoms with Gasteiger partial charge in [-0.15, -0.1) is 0 Å². The average Bonchev–Trinajstić information content (AvgIpc) is 2.51. The number of carbonyl (C=O) groups excluding carboxylic acids is 2. The van der Waals surface area contributed by atoms with Gasteiger partial charge < -0.3 is 0 Å². The summed E-state index contributed by atoms with van der Waals surface area (Å²) in [6, 6.07) is 6.14. The zero-order chi connectivity index (χ0) is 19.3. The van der Waals surface area contributed by atoms with E-state index in [0.717, 1.165) is 12.5 Å². The van der Waals surface area contributed by atoms with Crippen LogP contribution in [-0.2, 0) is 31.2 Å². The van der Waals surface area contributed by atoms with Gasteiger partial charge in [-0.2, -0.15) is 0 Å². The van der Waals surface area contributed by atoms with Gasteiger partial charge in [-0.1, -0.05) is 24.3 Å². The third kappa shape index (κ3) is 3.56. The first kappa shape index (κ1) is 18.3. The summed E-state index contributed by atoms with van der Waals surface area (Å²) in [5.41, 5.74) is -0.496. The fraction of sp³-hybridized carbons (Fsp3) is 0.250. The van der Waals surface area contributed by atoms with E-state index in [0.29, 0.717) is 0 Å². The van der Waals surface area contributed by atoms with Gasteiger partial charge in [0.25, 0.3) is 0 Å². The summed E-state index contributed by atoms with van der Waals surface area (Å²) in [6.07, 6.45) is 1.92. The number of benzene rings is 1. The molecule has 0 spiro atoms. The minimum absolute atomic E-state index is 0.141. The summed E-state index contributed by atoms with van der Waals surface area (Å²) in [6.45, 7) is 0. The molecule has 136 valence electrons. The van der Waals surface area contributed by atoms with E-state index in [4.69, 9.17) is 0 Å². The highest BCUT2D eigenvalue weighted by Gasteiger charge is 2.34. The monoisotopic (exact) mass is 394 g/mol. The first-order valence-corrected chi connectivity index (χ1v) is 11.5. The van der Waals surface area contributed by atoms with Gasteiger partial charge in [-0.25, -0.2) is 26.8 Å². The maximum atomic E-state index is 12.6. The van der Waals surface area contributed by atoms with Gasteiger partial charge in [0.05, 0.1) is 22.9 Å². The number of fused-ring (bicyclic) bond motifs is 2. The summed E-state index contributed by atoms with van der Waals surface area (Å²) >= 11 is 0. The molecule has 0 N–H and O–H groups in total. The van der Waals surface area contributed by atoms with Crippen molar-refractivity contribution in [2.75, 3.05) is 12.5 Å². The Morgan fingerprint density at radius 1 is 0.731 bits per heavy atom. The van der Waals surface area contributed by atoms with Crippen LogP contribution in [0.5, 0.6) is 0 Å². The van der Waals surface area contributed by atoms with Gasteiger partial charge in [0, 0.05) is 23.6 Å². The van der Waals surface area contributed by atoms with Crippen molar-refractivity contribution in [2.45, 2.75) is 11.5 Å². The van der Waals surface area contributed by atoms with Crippen LogP contribution in [0.4, 0.5) is 0 Å². The second-order valence-corrected chi connectivity index (χ2v) is 10.4. The van der Waals surface area contributed by atoms with Crippen molar-refractivity contribution >= 4 is 31.2 Å². The molecule has 10 heteroatoms. The maximum Gasteiger partial charge on any atom is 0.214 e. The Hall–Kier alpha value is -2.46. The van der Waals surface area contributed by atoms with Crippen LogP contribution in [0.3, 0.4) is 0 Å². The van der Waals surface area contributed by atoms with Crippen LogP contribution >= 0.6 is 0 Å². The lowest BCUT2D eigenvalue weighted by molar-refractivity contribution is 0.0971. The number of carbonyl (C=O) groups is 2. The van der Waals surface area contributed by atoms with Crippen LogP contribution in [-0.4, -0.2) is 50.9 Å². The Bertz CT molecular complexity index is 1080. The number of aromatic nitrogens is 2. The zero-order valence-electron chi connectivity index (χ0n) is 13.9. The first-order valence-electron chi connectivity index (χ1n) is 7.40. The van der Waals surface area contributed by atoms with Gasteiger partial charge >= 0.3 is 0 Å². The van der Waals surface area contributed by atoms with Crippen LogP contribution in [0, 0.1) is 0 Å². The molecule has 3 rings (SSSR count). The number of ketones is 2. The molecule has 2 aromatic rings. The third-order valence-electron chi connectivity index (χ3n) is 3.70. The number of hydrogen-bond donors (Lipinski definition) is 0. The molecule has 1 aliphatic rings. The lowest BCUT2D eigenvalue weighted by Crippen LogP contribution is -2.26. The van der Waals surface area contributed by atoms with Crippen LogP contribution in [0.15, 0.2) is 24.3 Å². The molecule has 1 aromatic heterocycles. The number of rotatable bonds is 4. The molecule has 0 aliphatic heterocycles. The van der Waals surface area contributed by atoms with Crippen LogP contribution in [0.1, 0.15) is 43.5 Å². The van der Waals surface area contributed by atoms with E-state index in [9.17, 15) is 26.4 Å². The van der Waals surface area contributed by atoms with Crippen molar-refractivity contribution in [3.05, 3.63) is 58.2 Å². The Morgan fingerprint density at radius 3 is 1.38 bits per heavy atom. The molecule has 26 heavy (non-hydrogen) atoms. The molecular formula is C16H14N2O6S2. The smallest absolute Gasteiger partial charge is 0.214 e. The predicted molar refractivity (Wildman–Crippen MR) is 92.4 cm³/mol. The van der Waals surface area contributed by atoms with Crippen molar-refractivity contribution in [3.63, 3.8) is 0 Å². The van der Waals surface area contributed by atoms with E-state index in [2.05, 4.69) is 9.97 Å². The van der Waals surface area contributed by atoms with Crippen LogP contribution in [0.25, 0.3) is 0 Å². The normalized spacial score (nSPS) is 14.1. The molecular weight excluding hydrogens is 380 g/mol. The maximum absolute atomic E-state index is 12.6. The van der Waals surface area contributed by atoms with E-state index in [1.165, 1.54) is 12.1 Å². The molecule has 0 bridgehead atoms. The van der Waals surface area contributed by atoms with Crippen molar-refractivity contribution in [2.24, 2.45) is 0 Å². The summed E-state index contributed by atoms with van der Waals surface area (Å²) in [4.78, 5) is 33.4. The summed E-state index contributed by atoms with van der Waals surface area (Å²) in [5, 5.41) is 0. The van der Waals surface area contributed by atoms with Gasteiger partial charge in [0.15, 0.2) is 19.7 Å². The second kappa shape index (κ2) is 6.06. The fourth-order valence-corrected chi connectivity index (χ4v) is 4.14. The molecule has 1 heterocycles. The molecule has 0 amide bonds. The molecule has 0 unspecified atom stereocenters. The lowest BCUT2D eigenvalue weighted by Gasteiger charge is -2.18. The second-order valence-electron chi connectivity index (χ2n) is 6.16. The minimum Gasteiger partial charge on any atom is -0.287 e. The molecule has 0 radical (unpaired) electrons. The SMILES string of the molecule is CS(=O)(=O)Cc1nc2c(nc1CS(C)(=O)=O)C(=O)c1ccccc1C2=O. The Morgan fingerprint density at radius 2 is 1.08 bits per heavy atom. The van der Waals surface area contributed by atoms with Gasteiger partial charge in [-0.3, -0.25) is 9.59 Å². The van der Waals surface area contributed by atoms with Gasteiger partial charge in [0.1, 0.15) is 11.4 Å². The van der Waals surface area contributed by atoms with Crippen LogP contribution < -0.4 is 0 Å². The number of nitrogens with zero attached hydrogens (tertiary/aromatic N) is 2. The zero-order valence-corrected chi connectivity index (χ0v) is 15.5. The highest BCUT2D eigenvalue weighted by molar-refractivity contribution is 7.90. The van der Waals surface area contributed by atoms with Crippen molar-refractivity contribution in [3.8, 4) is 0 Å².